The van der Waals surface area contributed by atoms with Crippen molar-refractivity contribution in [1.29, 1.82) is 0 Å². The number of anilines is 1. The smallest absolute Gasteiger partial charge is 0.408 e. The van der Waals surface area contributed by atoms with Gasteiger partial charge in [0.2, 0.25) is 0 Å². The van der Waals surface area contributed by atoms with Gasteiger partial charge in [0.05, 0.1) is 11.2 Å². The molecule has 2 aromatic carbocycles. The highest BCUT2D eigenvalue weighted by molar-refractivity contribution is 9.10. The van der Waals surface area contributed by atoms with E-state index in [0.29, 0.717) is 27.5 Å². The van der Waals surface area contributed by atoms with E-state index in [2.05, 4.69) is 31.2 Å². The van der Waals surface area contributed by atoms with E-state index in [1.165, 1.54) is 11.3 Å². The summed E-state index contributed by atoms with van der Waals surface area (Å²) in [6.07, 6.45) is 0. The van der Waals surface area contributed by atoms with Crippen LogP contribution in [0.25, 0.3) is 22.4 Å². The number of hydrogen-bond donors (Lipinski definition) is 2. The summed E-state index contributed by atoms with van der Waals surface area (Å²) in [7, 11) is 0. The molecular weight excluding hydrogens is 406 g/mol. The highest BCUT2D eigenvalue weighted by Crippen LogP contribution is 2.27. The Labute approximate surface area is 153 Å². The van der Waals surface area contributed by atoms with E-state index in [-0.39, 0.29) is 5.91 Å². The van der Waals surface area contributed by atoms with Crippen molar-refractivity contribution >= 4 is 49.4 Å². The fourth-order valence-corrected chi connectivity index (χ4v) is 3.48. The largest absolute Gasteiger partial charge is 0.417 e. The molecule has 2 aromatic heterocycles. The van der Waals surface area contributed by atoms with Crippen LogP contribution in [-0.2, 0) is 0 Å². The second-order valence-corrected chi connectivity index (χ2v) is 7.00. The lowest BCUT2D eigenvalue weighted by Gasteiger charge is -2.02. The maximum atomic E-state index is 12.3. The number of nitrogens with zero attached hydrogens (tertiary/aromatic N) is 1. The van der Waals surface area contributed by atoms with E-state index in [1.54, 1.807) is 30.3 Å². The van der Waals surface area contributed by atoms with E-state index < -0.39 is 5.76 Å². The third-order valence-corrected chi connectivity index (χ3v) is 4.78. The molecule has 0 aliphatic carbocycles. The molecule has 8 heteroatoms. The van der Waals surface area contributed by atoms with Crippen LogP contribution in [0.4, 0.5) is 5.13 Å². The normalized spacial score (nSPS) is 10.9. The number of H-pyrrole nitrogens is 1. The molecule has 4 aromatic rings. The van der Waals surface area contributed by atoms with Crippen LogP contribution in [0.5, 0.6) is 0 Å². The molecule has 0 fully saturated rings. The minimum absolute atomic E-state index is 0.228. The van der Waals surface area contributed by atoms with Crippen molar-refractivity contribution in [3.8, 4) is 11.3 Å². The van der Waals surface area contributed by atoms with Gasteiger partial charge in [0.1, 0.15) is 0 Å². The predicted molar refractivity (Wildman–Crippen MR) is 100 cm³/mol. The average Bonchev–Trinajstić information content (AvgIpc) is 3.19. The first kappa shape index (κ1) is 15.8. The number of carbonyl (C=O) groups is 1. The predicted octanol–water partition coefficient (Wildman–Crippen LogP) is 4.26. The number of fused-ring (bicyclic) bond motifs is 1. The van der Waals surface area contributed by atoms with Crippen molar-refractivity contribution in [2.75, 3.05) is 5.32 Å². The van der Waals surface area contributed by atoms with Crippen LogP contribution < -0.4 is 11.1 Å². The van der Waals surface area contributed by atoms with Crippen LogP contribution in [-0.4, -0.2) is 15.9 Å². The zero-order valence-corrected chi connectivity index (χ0v) is 15.0. The molecule has 0 saturated carbocycles. The zero-order chi connectivity index (χ0) is 17.4. The maximum Gasteiger partial charge on any atom is 0.417 e. The molecular formula is C17H10BrN3O3S. The van der Waals surface area contributed by atoms with Gasteiger partial charge >= 0.3 is 5.76 Å². The van der Waals surface area contributed by atoms with Crippen LogP contribution in [0.2, 0.25) is 0 Å². The summed E-state index contributed by atoms with van der Waals surface area (Å²) in [5.74, 6) is -0.721. The Morgan fingerprint density at radius 1 is 1.24 bits per heavy atom. The first-order chi connectivity index (χ1) is 12.1. The number of nitrogens with one attached hydrogen (secondary N) is 2. The minimum atomic E-state index is -0.493. The van der Waals surface area contributed by atoms with Gasteiger partial charge in [-0.15, -0.1) is 11.3 Å². The highest BCUT2D eigenvalue weighted by Gasteiger charge is 2.11. The molecule has 0 aliphatic rings. The fraction of sp³-hybridized carbons (Fsp3) is 0. The quantitative estimate of drug-likeness (QED) is 0.523. The van der Waals surface area contributed by atoms with Gasteiger partial charge in [0.25, 0.3) is 5.91 Å². The summed E-state index contributed by atoms with van der Waals surface area (Å²) in [6, 6.07) is 12.5. The van der Waals surface area contributed by atoms with E-state index in [4.69, 9.17) is 4.42 Å². The van der Waals surface area contributed by atoms with Crippen molar-refractivity contribution in [2.45, 2.75) is 0 Å². The molecule has 0 radical (unpaired) electrons. The Hall–Kier alpha value is -2.71. The average molecular weight is 416 g/mol. The molecule has 0 spiro atoms. The Balaban J connectivity index is 1.58. The summed E-state index contributed by atoms with van der Waals surface area (Å²) in [6.45, 7) is 0. The number of thiazole rings is 1. The molecule has 6 nitrogen and oxygen atoms in total. The highest BCUT2D eigenvalue weighted by atomic mass is 79.9. The number of aromatic nitrogens is 2. The van der Waals surface area contributed by atoms with E-state index in [0.717, 1.165) is 10.0 Å². The standard InChI is InChI=1S/C17H10BrN3O3S/c18-11-3-1-2-10(6-11)15(22)21-16-19-13(8-25-16)9-4-5-12-14(7-9)24-17(23)20-12/h1-8H,(H,20,23)(H,19,21,22). The number of hydrogen-bond acceptors (Lipinski definition) is 5. The monoisotopic (exact) mass is 415 g/mol. The number of carbonyl (C=O) groups excluding carboxylic acids is 1. The molecule has 0 unspecified atom stereocenters. The molecule has 0 atom stereocenters. The van der Waals surface area contributed by atoms with Crippen molar-refractivity contribution in [2.24, 2.45) is 0 Å². The number of rotatable bonds is 3. The number of amides is 1. The topological polar surface area (TPSA) is 88.0 Å². The number of aromatic amines is 1. The van der Waals surface area contributed by atoms with Gasteiger partial charge in [-0.3, -0.25) is 15.1 Å². The second-order valence-electron chi connectivity index (χ2n) is 5.23. The van der Waals surface area contributed by atoms with Crippen LogP contribution in [0, 0.1) is 0 Å². The SMILES string of the molecule is O=C(Nc1nc(-c2ccc3[nH]c(=O)oc3c2)cs1)c1cccc(Br)c1. The van der Waals surface area contributed by atoms with Gasteiger partial charge < -0.3 is 4.42 Å². The Kier molecular flexibility index (Phi) is 3.98. The third-order valence-electron chi connectivity index (χ3n) is 3.53. The summed E-state index contributed by atoms with van der Waals surface area (Å²) >= 11 is 4.67. The molecule has 25 heavy (non-hydrogen) atoms. The van der Waals surface area contributed by atoms with Crippen LogP contribution >= 0.6 is 27.3 Å². The molecule has 2 heterocycles. The lowest BCUT2D eigenvalue weighted by molar-refractivity contribution is 0.102. The van der Waals surface area contributed by atoms with Gasteiger partial charge in [-0.1, -0.05) is 28.1 Å². The number of halogens is 1. The van der Waals surface area contributed by atoms with E-state index in [1.807, 2.05) is 17.5 Å². The Bertz CT molecular complexity index is 1150. The van der Waals surface area contributed by atoms with Crippen molar-refractivity contribution in [1.82, 2.24) is 9.97 Å². The molecule has 0 aliphatic heterocycles. The third kappa shape index (κ3) is 3.26. The zero-order valence-electron chi connectivity index (χ0n) is 12.6. The van der Waals surface area contributed by atoms with Crippen molar-refractivity contribution in [3.63, 3.8) is 0 Å². The van der Waals surface area contributed by atoms with Crippen molar-refractivity contribution < 1.29 is 9.21 Å². The van der Waals surface area contributed by atoms with Crippen LogP contribution in [0.1, 0.15) is 10.4 Å². The fourth-order valence-electron chi connectivity index (χ4n) is 2.37. The van der Waals surface area contributed by atoms with Crippen LogP contribution in [0.3, 0.4) is 0 Å². The molecule has 0 saturated heterocycles. The first-order valence-corrected chi connectivity index (χ1v) is 8.91. The van der Waals surface area contributed by atoms with Gasteiger partial charge in [0, 0.05) is 21.0 Å². The van der Waals surface area contributed by atoms with Crippen molar-refractivity contribution in [3.05, 3.63) is 68.4 Å². The molecule has 1 amide bonds. The van der Waals surface area contributed by atoms with Gasteiger partial charge in [-0.2, -0.15) is 0 Å². The summed E-state index contributed by atoms with van der Waals surface area (Å²) in [5, 5.41) is 5.12. The first-order valence-electron chi connectivity index (χ1n) is 7.24. The molecule has 2 N–H and O–H groups in total. The van der Waals surface area contributed by atoms with Gasteiger partial charge in [-0.25, -0.2) is 9.78 Å². The molecule has 0 bridgehead atoms. The minimum Gasteiger partial charge on any atom is -0.408 e. The lowest BCUT2D eigenvalue weighted by atomic mass is 10.1. The van der Waals surface area contributed by atoms with Gasteiger partial charge in [0.15, 0.2) is 10.7 Å². The molecule has 124 valence electrons. The maximum absolute atomic E-state index is 12.3. The Morgan fingerprint density at radius 3 is 2.96 bits per heavy atom. The summed E-state index contributed by atoms with van der Waals surface area (Å²) in [5.41, 5.74) is 3.14. The van der Waals surface area contributed by atoms with E-state index in [9.17, 15) is 9.59 Å². The van der Waals surface area contributed by atoms with Crippen LogP contribution in [0.15, 0.2) is 61.5 Å². The summed E-state index contributed by atoms with van der Waals surface area (Å²) < 4.78 is 5.90. The number of benzene rings is 2. The lowest BCUT2D eigenvalue weighted by Crippen LogP contribution is -2.11. The van der Waals surface area contributed by atoms with Gasteiger partial charge in [-0.05, 0) is 30.3 Å². The Morgan fingerprint density at radius 2 is 2.12 bits per heavy atom. The summed E-state index contributed by atoms with van der Waals surface area (Å²) in [4.78, 5) is 30.5. The number of oxazole rings is 1. The second kappa shape index (κ2) is 6.30. The molecule has 4 rings (SSSR count). The van der Waals surface area contributed by atoms with E-state index >= 15 is 0 Å².